The number of imide groups is 1. The second kappa shape index (κ2) is 4.68. The number of carbonyl (C=O) groups is 3. The minimum atomic E-state index is -0.898. The summed E-state index contributed by atoms with van der Waals surface area (Å²) in [6.07, 6.45) is -0.0848. The molecule has 19 heavy (non-hydrogen) atoms. The van der Waals surface area contributed by atoms with Gasteiger partial charge in [-0.25, -0.2) is 4.39 Å². The number of nitrogens with one attached hydrogen (secondary N) is 1. The number of likely N-dealkylation sites (N-methyl/N-ethyl adjacent to an activating group) is 1. The van der Waals surface area contributed by atoms with E-state index in [1.807, 2.05) is 0 Å². The van der Waals surface area contributed by atoms with Crippen LogP contribution in [0.4, 0.5) is 10.1 Å². The molecule has 3 N–H and O–H groups in total. The van der Waals surface area contributed by atoms with Gasteiger partial charge in [0.25, 0.3) is 11.8 Å². The third kappa shape index (κ3) is 2.40. The second-order valence-corrected chi connectivity index (χ2v) is 4.26. The predicted octanol–water partition coefficient (Wildman–Crippen LogP) is -0.105. The largest absolute Gasteiger partial charge is 0.396 e. The van der Waals surface area contributed by atoms with Gasteiger partial charge in [0, 0.05) is 12.6 Å². The molecule has 0 radical (unpaired) electrons. The highest BCUT2D eigenvalue weighted by Gasteiger charge is 2.37. The van der Waals surface area contributed by atoms with Gasteiger partial charge in [-0.15, -0.1) is 0 Å². The van der Waals surface area contributed by atoms with Crippen LogP contribution in [0.15, 0.2) is 18.2 Å². The van der Waals surface area contributed by atoms with E-state index in [1.54, 1.807) is 0 Å². The third-order valence-electron chi connectivity index (χ3n) is 2.95. The number of nitrogens with two attached hydrogens (primary N) is 1. The molecule has 6 nitrogen and oxygen atoms in total. The Morgan fingerprint density at radius 1 is 1.47 bits per heavy atom. The highest BCUT2D eigenvalue weighted by Crippen LogP contribution is 2.14. The van der Waals surface area contributed by atoms with Crippen LogP contribution in [0.2, 0.25) is 0 Å². The lowest BCUT2D eigenvalue weighted by atomic mass is 10.1. The molecule has 1 aromatic rings. The summed E-state index contributed by atoms with van der Waals surface area (Å²) in [6.45, 7) is 0. The van der Waals surface area contributed by atoms with Crippen molar-refractivity contribution in [1.82, 2.24) is 10.2 Å². The van der Waals surface area contributed by atoms with Gasteiger partial charge in [-0.2, -0.15) is 0 Å². The number of anilines is 1. The van der Waals surface area contributed by atoms with Crippen molar-refractivity contribution >= 4 is 23.4 Å². The number of hydrogen-bond donors (Lipinski definition) is 2. The molecule has 0 aliphatic carbocycles. The lowest BCUT2D eigenvalue weighted by molar-refractivity contribution is -0.137. The fraction of sp³-hybridized carbons (Fsp3) is 0.250. The molecule has 0 spiro atoms. The minimum Gasteiger partial charge on any atom is -0.396 e. The van der Waals surface area contributed by atoms with E-state index in [9.17, 15) is 18.8 Å². The summed E-state index contributed by atoms with van der Waals surface area (Å²) < 4.78 is 13.2. The Kier molecular flexibility index (Phi) is 3.20. The molecule has 1 heterocycles. The first kappa shape index (κ1) is 13.0. The minimum absolute atomic E-state index is 0.0431. The summed E-state index contributed by atoms with van der Waals surface area (Å²) >= 11 is 0. The molecular formula is C12H12FN3O3. The first-order valence-corrected chi connectivity index (χ1v) is 5.56. The van der Waals surface area contributed by atoms with E-state index in [-0.39, 0.29) is 23.6 Å². The summed E-state index contributed by atoms with van der Waals surface area (Å²) in [6, 6.07) is 2.69. The van der Waals surface area contributed by atoms with Crippen molar-refractivity contribution in [2.75, 3.05) is 12.8 Å². The molecule has 1 saturated heterocycles. The average Bonchev–Trinajstić information content (AvgIpc) is 2.60. The first-order chi connectivity index (χ1) is 8.90. The molecular weight excluding hydrogens is 253 g/mol. The van der Waals surface area contributed by atoms with Gasteiger partial charge in [-0.05, 0) is 18.2 Å². The smallest absolute Gasteiger partial charge is 0.252 e. The lowest BCUT2D eigenvalue weighted by Crippen LogP contribution is -2.40. The summed E-state index contributed by atoms with van der Waals surface area (Å²) in [5.41, 5.74) is 5.28. The molecule has 2 rings (SSSR count). The molecule has 1 atom stereocenters. The molecule has 1 fully saturated rings. The van der Waals surface area contributed by atoms with Crippen LogP contribution in [-0.2, 0) is 9.59 Å². The van der Waals surface area contributed by atoms with Crippen molar-refractivity contribution in [3.8, 4) is 0 Å². The predicted molar refractivity (Wildman–Crippen MR) is 64.5 cm³/mol. The van der Waals surface area contributed by atoms with E-state index in [4.69, 9.17) is 5.73 Å². The summed E-state index contributed by atoms with van der Waals surface area (Å²) in [7, 11) is 1.35. The first-order valence-electron chi connectivity index (χ1n) is 5.56. The maximum Gasteiger partial charge on any atom is 0.252 e. The van der Waals surface area contributed by atoms with Gasteiger partial charge >= 0.3 is 0 Å². The lowest BCUT2D eigenvalue weighted by Gasteiger charge is -2.11. The molecule has 0 saturated carbocycles. The number of rotatable bonds is 2. The zero-order valence-electron chi connectivity index (χ0n) is 10.1. The Labute approximate surface area is 108 Å². The number of nitrogen functional groups attached to an aromatic ring is 1. The van der Waals surface area contributed by atoms with Crippen molar-refractivity contribution < 1.29 is 18.8 Å². The van der Waals surface area contributed by atoms with Crippen LogP contribution in [0.3, 0.4) is 0 Å². The highest BCUT2D eigenvalue weighted by molar-refractivity contribution is 6.08. The van der Waals surface area contributed by atoms with Crippen LogP contribution in [0, 0.1) is 5.82 Å². The highest BCUT2D eigenvalue weighted by atomic mass is 19.1. The van der Waals surface area contributed by atoms with Crippen LogP contribution in [0.5, 0.6) is 0 Å². The molecule has 3 amide bonds. The van der Waals surface area contributed by atoms with Gasteiger partial charge in [0.2, 0.25) is 5.91 Å². The van der Waals surface area contributed by atoms with Gasteiger partial charge in [0.1, 0.15) is 11.9 Å². The average molecular weight is 265 g/mol. The van der Waals surface area contributed by atoms with Crippen LogP contribution < -0.4 is 11.1 Å². The number of amides is 3. The Balaban J connectivity index is 2.11. The van der Waals surface area contributed by atoms with E-state index in [1.165, 1.54) is 19.2 Å². The van der Waals surface area contributed by atoms with Crippen molar-refractivity contribution in [1.29, 1.82) is 0 Å². The zero-order chi connectivity index (χ0) is 14.2. The topological polar surface area (TPSA) is 92.5 Å². The fourth-order valence-corrected chi connectivity index (χ4v) is 1.78. The van der Waals surface area contributed by atoms with Crippen molar-refractivity contribution in [2.45, 2.75) is 12.5 Å². The monoisotopic (exact) mass is 265 g/mol. The van der Waals surface area contributed by atoms with E-state index >= 15 is 0 Å². The molecule has 1 aliphatic heterocycles. The van der Waals surface area contributed by atoms with Crippen LogP contribution in [0.1, 0.15) is 16.8 Å². The Morgan fingerprint density at radius 2 is 2.16 bits per heavy atom. The van der Waals surface area contributed by atoms with Crippen LogP contribution in [-0.4, -0.2) is 35.7 Å². The molecule has 1 aromatic carbocycles. The summed E-state index contributed by atoms with van der Waals surface area (Å²) in [5.74, 6) is -2.17. The Bertz CT molecular complexity index is 573. The molecule has 100 valence electrons. The van der Waals surface area contributed by atoms with Crippen molar-refractivity contribution in [3.63, 3.8) is 0 Å². The van der Waals surface area contributed by atoms with Gasteiger partial charge in [0.05, 0.1) is 12.1 Å². The number of carbonyl (C=O) groups excluding carboxylic acids is 3. The maximum atomic E-state index is 13.2. The Morgan fingerprint density at radius 3 is 2.68 bits per heavy atom. The maximum absolute atomic E-state index is 13.2. The standard InChI is InChI=1S/C12H12FN3O3/c1-16-10(17)5-9(12(16)19)15-11(18)6-2-3-8(14)7(13)4-6/h2-4,9H,5,14H2,1H3,(H,15,18). The van der Waals surface area contributed by atoms with E-state index in [0.717, 1.165) is 11.0 Å². The number of hydrogen-bond acceptors (Lipinski definition) is 4. The second-order valence-electron chi connectivity index (χ2n) is 4.26. The van der Waals surface area contributed by atoms with Gasteiger partial charge in [-0.3, -0.25) is 19.3 Å². The number of benzene rings is 1. The van der Waals surface area contributed by atoms with Gasteiger partial charge in [-0.1, -0.05) is 0 Å². The van der Waals surface area contributed by atoms with E-state index < -0.39 is 23.7 Å². The number of nitrogens with zero attached hydrogens (tertiary/aromatic N) is 1. The Hall–Kier alpha value is -2.44. The summed E-state index contributed by atoms with van der Waals surface area (Å²) in [4.78, 5) is 35.7. The van der Waals surface area contributed by atoms with Gasteiger partial charge < -0.3 is 11.1 Å². The zero-order valence-corrected chi connectivity index (χ0v) is 10.1. The van der Waals surface area contributed by atoms with Crippen LogP contribution in [0.25, 0.3) is 0 Å². The third-order valence-corrected chi connectivity index (χ3v) is 2.95. The summed E-state index contributed by atoms with van der Waals surface area (Å²) in [5, 5.41) is 2.39. The van der Waals surface area contributed by atoms with Crippen LogP contribution >= 0.6 is 0 Å². The molecule has 7 heteroatoms. The SMILES string of the molecule is CN1C(=O)CC(NC(=O)c2ccc(N)c(F)c2)C1=O. The van der Waals surface area contributed by atoms with E-state index in [0.29, 0.717) is 0 Å². The number of halogens is 1. The normalized spacial score (nSPS) is 18.8. The molecule has 1 aliphatic rings. The fourth-order valence-electron chi connectivity index (χ4n) is 1.78. The quantitative estimate of drug-likeness (QED) is 0.576. The van der Waals surface area contributed by atoms with Crippen molar-refractivity contribution in [3.05, 3.63) is 29.6 Å². The van der Waals surface area contributed by atoms with E-state index in [2.05, 4.69) is 5.32 Å². The molecule has 0 aromatic heterocycles. The van der Waals surface area contributed by atoms with Crippen molar-refractivity contribution in [2.24, 2.45) is 0 Å². The number of likely N-dealkylation sites (tertiary alicyclic amines) is 1. The molecule has 1 unspecified atom stereocenters. The molecule has 0 bridgehead atoms. The van der Waals surface area contributed by atoms with Gasteiger partial charge in [0.15, 0.2) is 0 Å².